The van der Waals surface area contributed by atoms with E-state index >= 15 is 0 Å². The normalized spacial score (nSPS) is 22.2. The summed E-state index contributed by atoms with van der Waals surface area (Å²) in [5, 5.41) is 14.5. The summed E-state index contributed by atoms with van der Waals surface area (Å²) in [5.74, 6) is -0.663. The van der Waals surface area contributed by atoms with Crippen molar-refractivity contribution in [1.29, 1.82) is 5.26 Å². The molecule has 6 nitrogen and oxygen atoms in total. The number of amides is 1. The molecule has 0 spiro atoms. The van der Waals surface area contributed by atoms with Gasteiger partial charge >= 0.3 is 7.12 Å². The van der Waals surface area contributed by atoms with Crippen molar-refractivity contribution in [2.45, 2.75) is 102 Å². The molecule has 2 fully saturated rings. The second-order valence-corrected chi connectivity index (χ2v) is 10.9. The Balaban J connectivity index is 1.78. The quantitative estimate of drug-likeness (QED) is 0.530. The van der Waals surface area contributed by atoms with Gasteiger partial charge in [0.25, 0.3) is 6.43 Å². The van der Waals surface area contributed by atoms with Crippen molar-refractivity contribution in [2.75, 3.05) is 0 Å². The third-order valence-corrected chi connectivity index (χ3v) is 6.79. The van der Waals surface area contributed by atoms with Crippen LogP contribution in [0.3, 0.4) is 0 Å². The number of alkyl halides is 3. The van der Waals surface area contributed by atoms with E-state index in [4.69, 9.17) is 9.31 Å². The Labute approximate surface area is 199 Å². The number of hydrogen-bond donors (Lipinski definition) is 2. The van der Waals surface area contributed by atoms with E-state index in [0.717, 1.165) is 0 Å². The molecule has 0 unspecified atom stereocenters. The molecule has 1 saturated carbocycles. The fourth-order valence-corrected chi connectivity index (χ4v) is 3.80. The van der Waals surface area contributed by atoms with Crippen LogP contribution in [0, 0.1) is 11.3 Å². The van der Waals surface area contributed by atoms with Gasteiger partial charge in [-0.15, -0.1) is 0 Å². The monoisotopic (exact) mass is 479 g/mol. The zero-order valence-corrected chi connectivity index (χ0v) is 20.5. The molecule has 2 aliphatic rings. The van der Waals surface area contributed by atoms with Gasteiger partial charge < -0.3 is 14.6 Å². The number of nitrogens with one attached hydrogen (secondary N) is 2. The first kappa shape index (κ1) is 26.5. The Morgan fingerprint density at radius 3 is 2.09 bits per heavy atom. The fourth-order valence-electron chi connectivity index (χ4n) is 3.80. The van der Waals surface area contributed by atoms with Gasteiger partial charge in [0.2, 0.25) is 5.91 Å². The molecule has 1 aliphatic carbocycles. The molecule has 1 aromatic carbocycles. The Kier molecular flexibility index (Phi) is 7.16. The zero-order chi connectivity index (χ0) is 25.5. The summed E-state index contributed by atoms with van der Waals surface area (Å²) in [5.41, 5.74) is -2.92. The van der Waals surface area contributed by atoms with Crippen LogP contribution in [0.5, 0.6) is 0 Å². The number of carbonyl (C=O) groups excluding carboxylic acids is 1. The van der Waals surface area contributed by atoms with Crippen LogP contribution < -0.4 is 16.1 Å². The predicted molar refractivity (Wildman–Crippen MR) is 123 cm³/mol. The van der Waals surface area contributed by atoms with E-state index in [1.807, 2.05) is 33.8 Å². The molecule has 2 atom stereocenters. The van der Waals surface area contributed by atoms with Crippen molar-refractivity contribution in [3.05, 3.63) is 29.8 Å². The SMILES string of the molecule is CC(C)(F)C[C@H](N[C@@H](c1ccc(B2OC(C)(C)C(C)(C)O2)cc1)C(F)F)C(=O)NC1(C#N)CC1. The molecule has 186 valence electrons. The Morgan fingerprint density at radius 2 is 1.68 bits per heavy atom. The van der Waals surface area contributed by atoms with Crippen molar-refractivity contribution in [2.24, 2.45) is 0 Å². The van der Waals surface area contributed by atoms with E-state index in [9.17, 15) is 23.2 Å². The summed E-state index contributed by atoms with van der Waals surface area (Å²) in [4.78, 5) is 12.8. The van der Waals surface area contributed by atoms with Crippen LogP contribution in [-0.4, -0.2) is 47.9 Å². The molecule has 1 amide bonds. The van der Waals surface area contributed by atoms with Crippen LogP contribution in [0.15, 0.2) is 24.3 Å². The average molecular weight is 479 g/mol. The van der Waals surface area contributed by atoms with E-state index in [1.165, 1.54) is 26.0 Å². The van der Waals surface area contributed by atoms with Gasteiger partial charge in [-0.25, -0.2) is 13.2 Å². The van der Waals surface area contributed by atoms with Gasteiger partial charge in [-0.2, -0.15) is 5.26 Å². The Hall–Kier alpha value is -2.09. The van der Waals surface area contributed by atoms with Gasteiger partial charge in [-0.05, 0) is 65.4 Å². The van der Waals surface area contributed by atoms with E-state index < -0.39 is 53.9 Å². The largest absolute Gasteiger partial charge is 0.494 e. The highest BCUT2D eigenvalue weighted by atomic mass is 19.3. The molecule has 2 N–H and O–H groups in total. The smallest absolute Gasteiger partial charge is 0.399 e. The van der Waals surface area contributed by atoms with Crippen molar-refractivity contribution < 1.29 is 27.3 Å². The summed E-state index contributed by atoms with van der Waals surface area (Å²) in [7, 11) is -0.636. The van der Waals surface area contributed by atoms with Gasteiger partial charge in [0.1, 0.15) is 11.2 Å². The highest BCUT2D eigenvalue weighted by Crippen LogP contribution is 2.37. The molecule has 0 bridgehead atoms. The number of hydrogen-bond acceptors (Lipinski definition) is 5. The lowest BCUT2D eigenvalue weighted by molar-refractivity contribution is -0.125. The Bertz CT molecular complexity index is 922. The van der Waals surface area contributed by atoms with E-state index in [1.54, 1.807) is 12.1 Å². The summed E-state index contributed by atoms with van der Waals surface area (Å²) < 4.78 is 54.6. The van der Waals surface area contributed by atoms with E-state index in [0.29, 0.717) is 18.3 Å². The highest BCUT2D eigenvalue weighted by Gasteiger charge is 2.51. The van der Waals surface area contributed by atoms with Gasteiger partial charge in [0.05, 0.1) is 29.4 Å². The third kappa shape index (κ3) is 5.94. The Morgan fingerprint density at radius 1 is 1.15 bits per heavy atom. The first-order valence-electron chi connectivity index (χ1n) is 11.5. The van der Waals surface area contributed by atoms with Crippen molar-refractivity contribution in [3.8, 4) is 6.07 Å². The summed E-state index contributed by atoms with van der Waals surface area (Å²) in [6, 6.07) is 5.62. The first-order chi connectivity index (χ1) is 15.6. The van der Waals surface area contributed by atoms with Gasteiger partial charge in [0.15, 0.2) is 0 Å². The number of benzene rings is 1. The predicted octanol–water partition coefficient (Wildman–Crippen LogP) is 3.56. The van der Waals surface area contributed by atoms with E-state index in [-0.39, 0.29) is 12.0 Å². The summed E-state index contributed by atoms with van der Waals surface area (Å²) >= 11 is 0. The summed E-state index contributed by atoms with van der Waals surface area (Å²) in [6.45, 7) is 10.3. The fraction of sp³-hybridized carbons (Fsp3) is 0.667. The van der Waals surface area contributed by atoms with Crippen LogP contribution in [0.4, 0.5) is 13.2 Å². The molecular formula is C24H33BF3N3O3. The standard InChI is InChI=1S/C24H33BF3N3O3/c1-21(2,28)13-17(20(32)31-24(14-29)11-12-24)30-18(19(26)27)15-7-9-16(10-8-15)25-33-22(3,4)23(5,6)34-25/h7-10,17-19,30H,11-13H2,1-6H3,(H,31,32)/t17-,18-/m0/s1. The minimum absolute atomic E-state index is 0.242. The number of nitrogens with zero attached hydrogens (tertiary/aromatic N) is 1. The van der Waals surface area contributed by atoms with Crippen LogP contribution in [0.1, 0.15) is 72.4 Å². The molecule has 3 rings (SSSR count). The number of halogens is 3. The molecule has 34 heavy (non-hydrogen) atoms. The topological polar surface area (TPSA) is 83.4 Å². The first-order valence-corrected chi connectivity index (χ1v) is 11.5. The molecule has 0 radical (unpaired) electrons. The minimum atomic E-state index is -2.86. The number of nitriles is 1. The maximum Gasteiger partial charge on any atom is 0.494 e. The van der Waals surface area contributed by atoms with Crippen molar-refractivity contribution in [1.82, 2.24) is 10.6 Å². The third-order valence-electron chi connectivity index (χ3n) is 6.79. The highest BCUT2D eigenvalue weighted by molar-refractivity contribution is 6.62. The molecule has 1 saturated heterocycles. The van der Waals surface area contributed by atoms with Crippen LogP contribution >= 0.6 is 0 Å². The van der Waals surface area contributed by atoms with Gasteiger partial charge in [-0.3, -0.25) is 10.1 Å². The van der Waals surface area contributed by atoms with Crippen molar-refractivity contribution >= 4 is 18.5 Å². The molecule has 1 aromatic rings. The number of carbonyl (C=O) groups is 1. The lowest BCUT2D eigenvalue weighted by atomic mass is 9.78. The molecule has 1 heterocycles. The van der Waals surface area contributed by atoms with Gasteiger partial charge in [0, 0.05) is 6.42 Å². The lowest BCUT2D eigenvalue weighted by Gasteiger charge is -2.32. The summed E-state index contributed by atoms with van der Waals surface area (Å²) in [6.07, 6.45) is -2.21. The van der Waals surface area contributed by atoms with E-state index in [2.05, 4.69) is 10.6 Å². The average Bonchev–Trinajstić information content (AvgIpc) is 3.44. The van der Waals surface area contributed by atoms with Crippen LogP contribution in [0.2, 0.25) is 0 Å². The maximum absolute atomic E-state index is 14.4. The number of rotatable bonds is 9. The second kappa shape index (κ2) is 9.17. The minimum Gasteiger partial charge on any atom is -0.399 e. The molecule has 10 heteroatoms. The lowest BCUT2D eigenvalue weighted by Crippen LogP contribution is -2.52. The zero-order valence-electron chi connectivity index (χ0n) is 20.5. The second-order valence-electron chi connectivity index (χ2n) is 10.9. The van der Waals surface area contributed by atoms with Crippen LogP contribution in [-0.2, 0) is 14.1 Å². The van der Waals surface area contributed by atoms with Crippen LogP contribution in [0.25, 0.3) is 0 Å². The molecule has 1 aliphatic heterocycles. The molecule has 0 aromatic heterocycles. The van der Waals surface area contributed by atoms with Crippen molar-refractivity contribution in [3.63, 3.8) is 0 Å². The van der Waals surface area contributed by atoms with Gasteiger partial charge in [-0.1, -0.05) is 24.3 Å². The maximum atomic E-state index is 14.4. The molecular weight excluding hydrogens is 446 g/mol.